The van der Waals surface area contributed by atoms with E-state index in [1.807, 2.05) is 13.8 Å². The van der Waals surface area contributed by atoms with Crippen LogP contribution in [0.3, 0.4) is 0 Å². The second-order valence-electron chi connectivity index (χ2n) is 25.0. The number of rotatable bonds is 16. The summed E-state index contributed by atoms with van der Waals surface area (Å²) in [6.45, 7) is 9.49. The van der Waals surface area contributed by atoms with E-state index in [4.69, 9.17) is 66.3 Å². The summed E-state index contributed by atoms with van der Waals surface area (Å²) < 4.78 is 85.9. The van der Waals surface area contributed by atoms with Crippen molar-refractivity contribution >= 4 is 5.97 Å². The Morgan fingerprint density at radius 1 is 0.582 bits per heavy atom. The predicted octanol–water partition coefficient (Wildman–Crippen LogP) is 0.858. The molecule has 6 aliphatic heterocycles. The van der Waals surface area contributed by atoms with E-state index >= 15 is 0 Å². The standard InChI is InChI=1S/C56H90O23/c1-25-49(34(66-6)19-40(71-25)74-30-11-14-54(4)29(18-30)9-10-33-32(54)12-15-55(5)31(13-16-56(33,55)65)28-17-39(58)69-23-28)77-41-20-35(67-7)50(26(2)72-41)78-42-21-36(68-8)51(27(3)73-42)79-53-48(64)46(62)44(60)38(76-53)24-70-52-47(63)45(61)43(59)37(22-57)75-52/h17,25-27,29-38,40-53,57,59-65H,9-16,18-24H2,1-8H3/t25-,26-,27-,29-,30+,31-,32+,33-,34+,35+,36-,37-,38-,40+,41+,42+,43-,44-,45+,46+,47-,48-,49-,50-,51+,52-,53+,54+,55-,56+/m1/s1. The molecule has 0 unspecified atom stereocenters. The number of hydrogen-bond donors (Lipinski definition) is 8. The molecule has 79 heavy (non-hydrogen) atoms. The maximum Gasteiger partial charge on any atom is 0.331 e. The summed E-state index contributed by atoms with van der Waals surface area (Å²) in [6.07, 6.45) is -11.4. The number of carbonyl (C=O) groups is 1. The second kappa shape index (κ2) is 24.4. The van der Waals surface area contributed by atoms with E-state index in [9.17, 15) is 45.6 Å². The van der Waals surface area contributed by atoms with E-state index in [0.29, 0.717) is 31.3 Å². The molecular weight excluding hydrogens is 1040 g/mol. The highest BCUT2D eigenvalue weighted by Crippen LogP contribution is 2.70. The maximum absolute atomic E-state index is 12.7. The molecule has 6 heterocycles. The van der Waals surface area contributed by atoms with Crippen LogP contribution in [0.25, 0.3) is 0 Å². The number of aliphatic hydroxyl groups is 8. The Morgan fingerprint density at radius 3 is 1.68 bits per heavy atom. The highest BCUT2D eigenvalue weighted by molar-refractivity contribution is 5.85. The Bertz CT molecular complexity index is 2090. The van der Waals surface area contributed by atoms with Crippen LogP contribution in [-0.2, 0) is 71.1 Å². The van der Waals surface area contributed by atoms with E-state index in [1.54, 1.807) is 27.2 Å². The second-order valence-corrected chi connectivity index (χ2v) is 25.0. The molecule has 452 valence electrons. The van der Waals surface area contributed by atoms with Gasteiger partial charge in [0.1, 0.15) is 73.8 Å². The van der Waals surface area contributed by atoms with Gasteiger partial charge in [0.05, 0.1) is 61.5 Å². The summed E-state index contributed by atoms with van der Waals surface area (Å²) in [4.78, 5) is 12.0. The average Bonchev–Trinajstić information content (AvgIpc) is 3.65. The van der Waals surface area contributed by atoms with Crippen LogP contribution >= 0.6 is 0 Å². The number of esters is 1. The normalized spacial score (nSPS) is 53.1. The minimum absolute atomic E-state index is 0.0384. The van der Waals surface area contributed by atoms with Gasteiger partial charge in [-0.2, -0.15) is 0 Å². The molecule has 0 aromatic rings. The van der Waals surface area contributed by atoms with Gasteiger partial charge in [0.2, 0.25) is 0 Å². The van der Waals surface area contributed by atoms with Crippen molar-refractivity contribution in [2.24, 2.45) is 34.5 Å². The summed E-state index contributed by atoms with van der Waals surface area (Å²) in [5.74, 6) is 1.07. The number of fused-ring (bicyclic) bond motifs is 5. The lowest BCUT2D eigenvalue weighted by molar-refractivity contribution is -0.362. The Morgan fingerprint density at radius 2 is 1.13 bits per heavy atom. The number of carbonyl (C=O) groups excluding carboxylic acids is 1. The number of ether oxygens (including phenoxy) is 14. The van der Waals surface area contributed by atoms with Crippen molar-refractivity contribution < 1.29 is 112 Å². The van der Waals surface area contributed by atoms with Gasteiger partial charge >= 0.3 is 5.97 Å². The predicted molar refractivity (Wildman–Crippen MR) is 271 cm³/mol. The molecule has 10 aliphatic rings. The highest BCUT2D eigenvalue weighted by atomic mass is 16.8. The number of hydrogen-bond acceptors (Lipinski definition) is 23. The van der Waals surface area contributed by atoms with Gasteiger partial charge in [0.15, 0.2) is 31.5 Å². The summed E-state index contributed by atoms with van der Waals surface area (Å²) in [7, 11) is 4.77. The molecule has 4 aliphatic carbocycles. The number of aliphatic hydroxyl groups excluding tert-OH is 7. The first-order chi connectivity index (χ1) is 37.6. The van der Waals surface area contributed by atoms with Gasteiger partial charge in [0, 0.05) is 52.1 Å². The topological polar surface area (TPSA) is 308 Å². The van der Waals surface area contributed by atoms with Gasteiger partial charge in [0.25, 0.3) is 0 Å². The first-order valence-electron chi connectivity index (χ1n) is 29.0. The number of methoxy groups -OCH3 is 3. The third kappa shape index (κ3) is 11.4. The van der Waals surface area contributed by atoms with Crippen LogP contribution in [0, 0.1) is 34.5 Å². The van der Waals surface area contributed by atoms with Gasteiger partial charge in [-0.25, -0.2) is 4.79 Å². The molecule has 23 nitrogen and oxygen atoms in total. The van der Waals surface area contributed by atoms with E-state index < -0.39 is 142 Å². The summed E-state index contributed by atoms with van der Waals surface area (Å²) in [5.41, 5.74) is 0.149. The van der Waals surface area contributed by atoms with Crippen molar-refractivity contribution in [1.29, 1.82) is 0 Å². The monoisotopic (exact) mass is 1130 g/mol. The molecule has 0 spiro atoms. The molecule has 23 heteroatoms. The van der Waals surface area contributed by atoms with Crippen molar-refractivity contribution in [3.05, 3.63) is 11.6 Å². The molecule has 4 saturated carbocycles. The zero-order chi connectivity index (χ0) is 56.5. The molecule has 5 saturated heterocycles. The quantitative estimate of drug-likeness (QED) is 0.0785. The molecule has 0 aromatic carbocycles. The van der Waals surface area contributed by atoms with Gasteiger partial charge in [-0.3, -0.25) is 0 Å². The smallest absolute Gasteiger partial charge is 0.331 e. The highest BCUT2D eigenvalue weighted by Gasteiger charge is 2.68. The van der Waals surface area contributed by atoms with Crippen molar-refractivity contribution in [1.82, 2.24) is 0 Å². The Balaban J connectivity index is 0.691. The van der Waals surface area contributed by atoms with E-state index in [1.165, 1.54) is 7.11 Å². The molecule has 0 bridgehead atoms. The molecule has 30 atom stereocenters. The van der Waals surface area contributed by atoms with Crippen molar-refractivity contribution in [2.45, 2.75) is 259 Å². The third-order valence-corrected chi connectivity index (χ3v) is 20.9. The molecule has 9 fully saturated rings. The van der Waals surface area contributed by atoms with Crippen LogP contribution < -0.4 is 0 Å². The first kappa shape index (κ1) is 60.5. The minimum Gasteiger partial charge on any atom is -0.458 e. The van der Waals surface area contributed by atoms with Crippen molar-refractivity contribution in [2.75, 3.05) is 41.2 Å². The molecule has 10 rings (SSSR count). The summed E-state index contributed by atoms with van der Waals surface area (Å²) >= 11 is 0. The van der Waals surface area contributed by atoms with E-state index in [0.717, 1.165) is 63.4 Å². The largest absolute Gasteiger partial charge is 0.458 e. The third-order valence-electron chi connectivity index (χ3n) is 20.9. The Kier molecular flexibility index (Phi) is 18.7. The average molecular weight is 1130 g/mol. The number of cyclic esters (lactones) is 1. The van der Waals surface area contributed by atoms with Crippen molar-refractivity contribution in [3.63, 3.8) is 0 Å². The molecule has 8 N–H and O–H groups in total. The van der Waals surface area contributed by atoms with Crippen molar-refractivity contribution in [3.8, 4) is 0 Å². The summed E-state index contributed by atoms with van der Waals surface area (Å²) in [6, 6.07) is 0. The lowest BCUT2D eigenvalue weighted by atomic mass is 9.43. The van der Waals surface area contributed by atoms with E-state index in [-0.39, 0.29) is 53.4 Å². The Hall–Kier alpha value is -1.63. The van der Waals surface area contributed by atoms with Crippen LogP contribution in [0.15, 0.2) is 11.6 Å². The lowest BCUT2D eigenvalue weighted by Gasteiger charge is -2.64. The Labute approximate surface area is 462 Å². The van der Waals surface area contributed by atoms with Gasteiger partial charge in [-0.1, -0.05) is 13.8 Å². The minimum atomic E-state index is -1.75. The van der Waals surface area contributed by atoms with Crippen LogP contribution in [0.5, 0.6) is 0 Å². The molecular formula is C56H90O23. The SMILES string of the molecule is CO[C@H]1C[C@H](O[C@H]2CC[C@@]3(C)[C@H](CC[C@@H]4[C@@H]3CC[C@]3(C)[C@@H](C5=CC(=O)OC5)CC[C@]43O)C2)O[C@H](C)[C@H]1O[C@H]1C[C@H](OC)[C@H](O[C@H]2C[C@@H](OC)[C@@H](O[C@@H]3O[C@H](CO[C@@H]4O[C@H](CO)[C@@H](O)[C@H](O)[C@H]4O)[C@@H](O)[C@H](O)[C@H]3O)[C@@H](C)O2)[C@@H](C)O1. The molecule has 0 radical (unpaired) electrons. The molecule has 0 amide bonds. The van der Waals surface area contributed by atoms with E-state index in [2.05, 4.69) is 13.8 Å². The van der Waals surface area contributed by atoms with Gasteiger partial charge in [-0.05, 0) is 113 Å². The zero-order valence-corrected chi connectivity index (χ0v) is 47.0. The van der Waals surface area contributed by atoms with Crippen LogP contribution in [0.4, 0.5) is 0 Å². The van der Waals surface area contributed by atoms with Gasteiger partial charge in [-0.15, -0.1) is 0 Å². The summed E-state index contributed by atoms with van der Waals surface area (Å²) in [5, 5.41) is 85.6. The first-order valence-corrected chi connectivity index (χ1v) is 29.0. The lowest BCUT2D eigenvalue weighted by Crippen LogP contribution is -2.63. The fourth-order valence-electron chi connectivity index (χ4n) is 16.3. The van der Waals surface area contributed by atoms with Crippen LogP contribution in [0.1, 0.15) is 112 Å². The fourth-order valence-corrected chi connectivity index (χ4v) is 16.3. The zero-order valence-electron chi connectivity index (χ0n) is 47.0. The fraction of sp³-hybridized carbons (Fsp3) is 0.946. The maximum atomic E-state index is 12.7. The van der Waals surface area contributed by atoms with Crippen LogP contribution in [0.2, 0.25) is 0 Å². The molecule has 0 aromatic heterocycles. The van der Waals surface area contributed by atoms with Gasteiger partial charge < -0.3 is 107 Å². The van der Waals surface area contributed by atoms with Crippen LogP contribution in [-0.4, -0.2) is 235 Å².